The SMILES string of the molecule is CCCCCCCCCCCCCCCCCCCCCCCCCCCCCCCCC(=O)OCC(COC(=O)CCCCCCCCCCCCC)OC(=O)CCCCCCCCCCCCCCCCCCC. The fourth-order valence-corrected chi connectivity index (χ4v) is 11.1. The van der Waals surface area contributed by atoms with Crippen molar-refractivity contribution in [2.75, 3.05) is 13.2 Å². The van der Waals surface area contributed by atoms with Crippen molar-refractivity contribution < 1.29 is 28.6 Å². The third kappa shape index (κ3) is 63.2. The third-order valence-electron chi connectivity index (χ3n) is 16.4. The number of carbonyl (C=O) groups excluding carboxylic acids is 3. The van der Waals surface area contributed by atoms with Gasteiger partial charge in [-0.2, -0.15) is 0 Å². The summed E-state index contributed by atoms with van der Waals surface area (Å²) < 4.78 is 17.0. The van der Waals surface area contributed by atoms with Gasteiger partial charge in [0.1, 0.15) is 13.2 Å². The Kier molecular flexibility index (Phi) is 64.5. The van der Waals surface area contributed by atoms with E-state index in [2.05, 4.69) is 20.8 Å². The van der Waals surface area contributed by atoms with Crippen LogP contribution in [0.5, 0.6) is 0 Å². The summed E-state index contributed by atoms with van der Waals surface area (Å²) in [6.07, 6.45) is 77.2. The zero-order valence-electron chi connectivity index (χ0n) is 52.1. The summed E-state index contributed by atoms with van der Waals surface area (Å²) >= 11 is 0. The molecule has 0 aromatic heterocycles. The molecule has 0 saturated heterocycles. The normalized spacial score (nSPS) is 11.9. The van der Waals surface area contributed by atoms with Crippen LogP contribution in [-0.2, 0) is 28.6 Å². The van der Waals surface area contributed by atoms with E-state index in [4.69, 9.17) is 14.2 Å². The Bertz CT molecular complexity index is 1140. The first-order chi connectivity index (χ1) is 37.5. The van der Waals surface area contributed by atoms with E-state index < -0.39 is 6.10 Å². The summed E-state index contributed by atoms with van der Waals surface area (Å²) in [5.41, 5.74) is 0. The first kappa shape index (κ1) is 74.4. The van der Waals surface area contributed by atoms with E-state index >= 15 is 0 Å². The second-order valence-electron chi connectivity index (χ2n) is 24.2. The summed E-state index contributed by atoms with van der Waals surface area (Å²) in [7, 11) is 0. The minimum Gasteiger partial charge on any atom is -0.462 e. The molecule has 0 fully saturated rings. The number of hydrogen-bond donors (Lipinski definition) is 0. The van der Waals surface area contributed by atoms with Gasteiger partial charge in [0.15, 0.2) is 6.10 Å². The standard InChI is InChI=1S/C70H136O6/c1-4-7-10-13-16-19-22-24-26-28-29-30-31-32-33-34-35-36-37-38-39-40-42-43-45-48-51-54-57-60-63-69(72)75-66-67(65-74-68(71)62-59-56-53-50-47-21-18-15-12-9-6-3)76-70(73)64-61-58-55-52-49-46-44-41-27-25-23-20-17-14-11-8-5-2/h67H,4-66H2,1-3H3. The van der Waals surface area contributed by atoms with Crippen LogP contribution in [-0.4, -0.2) is 37.2 Å². The zero-order chi connectivity index (χ0) is 55.0. The maximum absolute atomic E-state index is 12.9. The maximum Gasteiger partial charge on any atom is 0.306 e. The molecule has 0 saturated carbocycles. The summed E-state index contributed by atoms with van der Waals surface area (Å²) in [4.78, 5) is 38.3. The van der Waals surface area contributed by atoms with Gasteiger partial charge in [0, 0.05) is 19.3 Å². The lowest BCUT2D eigenvalue weighted by Gasteiger charge is -2.18. The molecule has 1 unspecified atom stereocenters. The Labute approximate surface area is 476 Å². The van der Waals surface area contributed by atoms with Crippen LogP contribution in [0.1, 0.15) is 412 Å². The summed E-state index contributed by atoms with van der Waals surface area (Å²) in [5.74, 6) is -0.825. The summed E-state index contributed by atoms with van der Waals surface area (Å²) in [6.45, 7) is 6.72. The van der Waals surface area contributed by atoms with Crippen molar-refractivity contribution >= 4 is 17.9 Å². The molecule has 0 aliphatic carbocycles. The molecule has 0 aromatic rings. The van der Waals surface area contributed by atoms with Crippen LogP contribution >= 0.6 is 0 Å². The second-order valence-corrected chi connectivity index (χ2v) is 24.2. The topological polar surface area (TPSA) is 78.9 Å². The van der Waals surface area contributed by atoms with Crippen LogP contribution in [0, 0.1) is 0 Å². The van der Waals surface area contributed by atoms with Crippen molar-refractivity contribution in [3.05, 3.63) is 0 Å². The third-order valence-corrected chi connectivity index (χ3v) is 16.4. The number of esters is 3. The van der Waals surface area contributed by atoms with Gasteiger partial charge in [-0.3, -0.25) is 14.4 Å². The lowest BCUT2D eigenvalue weighted by molar-refractivity contribution is -0.167. The highest BCUT2D eigenvalue weighted by Gasteiger charge is 2.19. The zero-order valence-corrected chi connectivity index (χ0v) is 52.1. The fraction of sp³-hybridized carbons (Fsp3) is 0.957. The van der Waals surface area contributed by atoms with Gasteiger partial charge < -0.3 is 14.2 Å². The highest BCUT2D eigenvalue weighted by molar-refractivity contribution is 5.71. The Morgan fingerprint density at radius 1 is 0.211 bits per heavy atom. The molecule has 0 heterocycles. The van der Waals surface area contributed by atoms with Gasteiger partial charge in [-0.05, 0) is 19.3 Å². The van der Waals surface area contributed by atoms with E-state index in [1.807, 2.05) is 0 Å². The van der Waals surface area contributed by atoms with Gasteiger partial charge >= 0.3 is 17.9 Å². The lowest BCUT2D eigenvalue weighted by atomic mass is 10.0. The van der Waals surface area contributed by atoms with Crippen LogP contribution in [0.25, 0.3) is 0 Å². The van der Waals surface area contributed by atoms with Crippen molar-refractivity contribution in [2.45, 2.75) is 419 Å². The molecule has 0 spiro atoms. The maximum atomic E-state index is 12.9. The molecule has 0 amide bonds. The number of carbonyl (C=O) groups is 3. The second kappa shape index (κ2) is 65.9. The van der Waals surface area contributed by atoms with Gasteiger partial charge in [0.25, 0.3) is 0 Å². The van der Waals surface area contributed by atoms with E-state index in [1.165, 1.54) is 315 Å². The van der Waals surface area contributed by atoms with E-state index in [1.54, 1.807) is 0 Å². The van der Waals surface area contributed by atoms with Crippen LogP contribution in [0.3, 0.4) is 0 Å². The molecule has 0 bridgehead atoms. The van der Waals surface area contributed by atoms with Gasteiger partial charge in [-0.25, -0.2) is 0 Å². The first-order valence-electron chi connectivity index (χ1n) is 35.0. The average molecular weight is 1070 g/mol. The molecule has 76 heavy (non-hydrogen) atoms. The Morgan fingerprint density at radius 3 is 0.526 bits per heavy atom. The monoisotopic (exact) mass is 1070 g/mol. The van der Waals surface area contributed by atoms with E-state index in [-0.39, 0.29) is 31.1 Å². The molecule has 0 radical (unpaired) electrons. The highest BCUT2D eigenvalue weighted by Crippen LogP contribution is 2.19. The average Bonchev–Trinajstić information content (AvgIpc) is 3.42. The molecule has 0 aromatic carbocycles. The van der Waals surface area contributed by atoms with Crippen molar-refractivity contribution in [3.63, 3.8) is 0 Å². The molecular formula is C70H136O6. The van der Waals surface area contributed by atoms with Crippen LogP contribution in [0.4, 0.5) is 0 Å². The molecular weight excluding hydrogens is 937 g/mol. The summed E-state index contributed by atoms with van der Waals surface area (Å²) in [6, 6.07) is 0. The fourth-order valence-electron chi connectivity index (χ4n) is 11.1. The number of ether oxygens (including phenoxy) is 3. The molecule has 452 valence electrons. The van der Waals surface area contributed by atoms with Crippen molar-refractivity contribution in [1.82, 2.24) is 0 Å². The molecule has 0 aliphatic heterocycles. The molecule has 0 rings (SSSR count). The van der Waals surface area contributed by atoms with Crippen molar-refractivity contribution in [3.8, 4) is 0 Å². The van der Waals surface area contributed by atoms with Crippen LogP contribution in [0.15, 0.2) is 0 Å². The molecule has 0 N–H and O–H groups in total. The predicted octanol–water partition coefficient (Wildman–Crippen LogP) is 23.8. The van der Waals surface area contributed by atoms with Crippen LogP contribution < -0.4 is 0 Å². The molecule has 1 atom stereocenters. The van der Waals surface area contributed by atoms with E-state index in [0.717, 1.165) is 57.8 Å². The molecule has 6 nitrogen and oxygen atoms in total. The van der Waals surface area contributed by atoms with Gasteiger partial charge in [0.2, 0.25) is 0 Å². The van der Waals surface area contributed by atoms with Gasteiger partial charge in [0.05, 0.1) is 0 Å². The lowest BCUT2D eigenvalue weighted by Crippen LogP contribution is -2.30. The Hall–Kier alpha value is -1.59. The quantitative estimate of drug-likeness (QED) is 0.0343. The van der Waals surface area contributed by atoms with Crippen molar-refractivity contribution in [2.24, 2.45) is 0 Å². The smallest absolute Gasteiger partial charge is 0.306 e. The summed E-state index contributed by atoms with van der Waals surface area (Å²) in [5, 5.41) is 0. The van der Waals surface area contributed by atoms with Gasteiger partial charge in [-0.1, -0.05) is 374 Å². The predicted molar refractivity (Wildman–Crippen MR) is 330 cm³/mol. The van der Waals surface area contributed by atoms with E-state index in [0.29, 0.717) is 19.3 Å². The Morgan fingerprint density at radius 2 is 0.355 bits per heavy atom. The van der Waals surface area contributed by atoms with Crippen LogP contribution in [0.2, 0.25) is 0 Å². The van der Waals surface area contributed by atoms with Crippen molar-refractivity contribution in [1.29, 1.82) is 0 Å². The largest absolute Gasteiger partial charge is 0.462 e. The molecule has 6 heteroatoms. The highest BCUT2D eigenvalue weighted by atomic mass is 16.6. The minimum absolute atomic E-state index is 0.0606. The van der Waals surface area contributed by atoms with E-state index in [9.17, 15) is 14.4 Å². The first-order valence-corrected chi connectivity index (χ1v) is 35.0. The Balaban J connectivity index is 4.06. The number of unbranched alkanes of at least 4 members (excludes halogenated alkanes) is 55. The number of hydrogen-bond acceptors (Lipinski definition) is 6. The van der Waals surface area contributed by atoms with Gasteiger partial charge in [-0.15, -0.1) is 0 Å². The molecule has 0 aliphatic rings. The number of rotatable bonds is 66. The minimum atomic E-state index is -0.762.